The maximum atomic E-state index is 13.7. The van der Waals surface area contributed by atoms with Gasteiger partial charge in [-0.05, 0) is 49.9 Å². The van der Waals surface area contributed by atoms with E-state index >= 15 is 0 Å². The molecular weight excluding hydrogens is 486 g/mol. The van der Waals surface area contributed by atoms with Crippen LogP contribution in [0.4, 0.5) is 5.69 Å². The highest BCUT2D eigenvalue weighted by molar-refractivity contribution is 7.92. The summed E-state index contributed by atoms with van der Waals surface area (Å²) in [4.78, 5) is 28.2. The fourth-order valence-electron chi connectivity index (χ4n) is 3.88. The Morgan fingerprint density at radius 3 is 2.40 bits per heavy atom. The molecule has 0 aromatic heterocycles. The van der Waals surface area contributed by atoms with Crippen molar-refractivity contribution in [2.24, 2.45) is 0 Å². The van der Waals surface area contributed by atoms with Crippen LogP contribution in [0.25, 0.3) is 0 Å². The van der Waals surface area contributed by atoms with Gasteiger partial charge in [-0.2, -0.15) is 0 Å². The second-order valence-electron chi connectivity index (χ2n) is 8.78. The molecule has 0 bridgehead atoms. The van der Waals surface area contributed by atoms with Crippen molar-refractivity contribution in [2.75, 3.05) is 23.7 Å². The SMILES string of the molecule is CCCCNC(=O)[C@@H](CC)N(Cc1cccc(C)c1)C(=O)CN(c1cc(Cl)ccc1C)S(C)(=O)=O. The lowest BCUT2D eigenvalue weighted by molar-refractivity contribution is -0.140. The predicted octanol–water partition coefficient (Wildman–Crippen LogP) is 4.45. The van der Waals surface area contributed by atoms with Crippen LogP contribution in [-0.2, 0) is 26.2 Å². The van der Waals surface area contributed by atoms with E-state index in [1.807, 2.05) is 45.0 Å². The first kappa shape index (κ1) is 28.7. The van der Waals surface area contributed by atoms with Crippen LogP contribution in [-0.4, -0.2) is 50.5 Å². The summed E-state index contributed by atoms with van der Waals surface area (Å²) in [5.74, 6) is -0.708. The molecule has 192 valence electrons. The number of anilines is 1. The Kier molecular flexibility index (Phi) is 10.6. The van der Waals surface area contributed by atoms with E-state index in [9.17, 15) is 18.0 Å². The van der Waals surface area contributed by atoms with Crippen LogP contribution in [0.15, 0.2) is 42.5 Å². The second kappa shape index (κ2) is 12.9. The summed E-state index contributed by atoms with van der Waals surface area (Å²) in [6.07, 6.45) is 3.22. The lowest BCUT2D eigenvalue weighted by atomic mass is 10.1. The van der Waals surface area contributed by atoms with E-state index in [2.05, 4.69) is 5.32 Å². The summed E-state index contributed by atoms with van der Waals surface area (Å²) in [5.41, 5.74) is 2.90. The van der Waals surface area contributed by atoms with Crippen molar-refractivity contribution < 1.29 is 18.0 Å². The molecule has 1 N–H and O–H groups in total. The molecule has 0 unspecified atom stereocenters. The number of hydrogen-bond acceptors (Lipinski definition) is 4. The van der Waals surface area contributed by atoms with Crippen molar-refractivity contribution in [2.45, 2.75) is 59.5 Å². The molecule has 2 aromatic rings. The Hall–Kier alpha value is -2.58. The van der Waals surface area contributed by atoms with E-state index in [0.29, 0.717) is 29.2 Å². The first-order valence-electron chi connectivity index (χ1n) is 11.8. The van der Waals surface area contributed by atoms with Crippen LogP contribution < -0.4 is 9.62 Å². The van der Waals surface area contributed by atoms with Gasteiger partial charge in [-0.25, -0.2) is 8.42 Å². The summed E-state index contributed by atoms with van der Waals surface area (Å²) >= 11 is 6.14. The number of halogens is 1. The highest BCUT2D eigenvalue weighted by atomic mass is 35.5. The fraction of sp³-hybridized carbons (Fsp3) is 0.462. The molecular formula is C26H36ClN3O4S. The van der Waals surface area contributed by atoms with Crippen molar-refractivity contribution in [1.29, 1.82) is 0 Å². The number of nitrogens with zero attached hydrogens (tertiary/aromatic N) is 2. The average molecular weight is 522 g/mol. The van der Waals surface area contributed by atoms with Crippen LogP contribution in [0.1, 0.15) is 49.8 Å². The van der Waals surface area contributed by atoms with E-state index in [1.54, 1.807) is 19.1 Å². The van der Waals surface area contributed by atoms with Gasteiger partial charge < -0.3 is 10.2 Å². The van der Waals surface area contributed by atoms with Crippen LogP contribution in [0.3, 0.4) is 0 Å². The van der Waals surface area contributed by atoms with E-state index in [0.717, 1.165) is 34.5 Å². The zero-order chi connectivity index (χ0) is 26.2. The lowest BCUT2D eigenvalue weighted by Gasteiger charge is -2.33. The third kappa shape index (κ3) is 8.25. The van der Waals surface area contributed by atoms with Crippen LogP contribution in [0.5, 0.6) is 0 Å². The Bertz CT molecular complexity index is 1140. The molecule has 0 saturated carbocycles. The summed E-state index contributed by atoms with van der Waals surface area (Å²) in [6.45, 7) is 7.86. The van der Waals surface area contributed by atoms with E-state index in [-0.39, 0.29) is 12.5 Å². The number of rotatable bonds is 12. The van der Waals surface area contributed by atoms with Gasteiger partial charge in [-0.1, -0.05) is 67.8 Å². The summed E-state index contributed by atoms with van der Waals surface area (Å²) in [7, 11) is -3.81. The molecule has 0 aliphatic carbocycles. The van der Waals surface area contributed by atoms with Gasteiger partial charge in [0, 0.05) is 18.1 Å². The third-order valence-electron chi connectivity index (χ3n) is 5.77. The molecule has 2 amide bonds. The molecule has 0 aliphatic heterocycles. The quantitative estimate of drug-likeness (QED) is 0.418. The molecule has 35 heavy (non-hydrogen) atoms. The molecule has 0 fully saturated rings. The molecule has 0 aliphatic rings. The molecule has 0 radical (unpaired) electrons. The smallest absolute Gasteiger partial charge is 0.244 e. The number of amides is 2. The molecule has 0 saturated heterocycles. The van der Waals surface area contributed by atoms with Crippen LogP contribution in [0, 0.1) is 13.8 Å². The molecule has 7 nitrogen and oxygen atoms in total. The Labute approximate surface area is 214 Å². The predicted molar refractivity (Wildman–Crippen MR) is 142 cm³/mol. The Balaban J connectivity index is 2.45. The van der Waals surface area contributed by atoms with E-state index in [1.165, 1.54) is 11.0 Å². The van der Waals surface area contributed by atoms with Gasteiger partial charge in [0.2, 0.25) is 21.8 Å². The number of aryl methyl sites for hydroxylation is 2. The zero-order valence-corrected chi connectivity index (χ0v) is 22.7. The first-order valence-corrected chi connectivity index (χ1v) is 14.1. The number of carbonyl (C=O) groups is 2. The summed E-state index contributed by atoms with van der Waals surface area (Å²) < 4.78 is 26.5. The maximum absolute atomic E-state index is 13.7. The number of sulfonamides is 1. The molecule has 9 heteroatoms. The topological polar surface area (TPSA) is 86.8 Å². The summed E-state index contributed by atoms with van der Waals surface area (Å²) in [6, 6.07) is 11.9. The van der Waals surface area contributed by atoms with Gasteiger partial charge in [-0.3, -0.25) is 13.9 Å². The van der Waals surface area contributed by atoms with Gasteiger partial charge in [0.15, 0.2) is 0 Å². The van der Waals surface area contributed by atoms with Crippen LogP contribution in [0.2, 0.25) is 5.02 Å². The molecule has 0 spiro atoms. The van der Waals surface area contributed by atoms with Crippen molar-refractivity contribution in [1.82, 2.24) is 10.2 Å². The first-order chi connectivity index (χ1) is 16.5. The fourth-order valence-corrected chi connectivity index (χ4v) is 4.94. The highest BCUT2D eigenvalue weighted by Gasteiger charge is 2.32. The minimum atomic E-state index is -3.81. The monoisotopic (exact) mass is 521 g/mol. The standard InChI is InChI=1S/C26H36ClN3O4S/c1-6-8-14-28-26(32)23(7-2)29(17-21-11-9-10-19(3)15-21)25(31)18-30(35(5,33)34)24-16-22(27)13-12-20(24)4/h9-13,15-16,23H,6-8,14,17-18H2,1-5H3,(H,28,32)/t23-/m1/s1. The Morgan fingerprint density at radius 2 is 1.80 bits per heavy atom. The molecule has 2 aromatic carbocycles. The average Bonchev–Trinajstić information content (AvgIpc) is 2.78. The highest BCUT2D eigenvalue weighted by Crippen LogP contribution is 2.27. The zero-order valence-electron chi connectivity index (χ0n) is 21.2. The number of unbranched alkanes of at least 4 members (excludes halogenated alkanes) is 1. The minimum Gasteiger partial charge on any atom is -0.354 e. The Morgan fingerprint density at radius 1 is 1.09 bits per heavy atom. The van der Waals surface area contributed by atoms with Gasteiger partial charge in [0.05, 0.1) is 11.9 Å². The van der Waals surface area contributed by atoms with Crippen LogP contribution >= 0.6 is 11.6 Å². The number of hydrogen-bond donors (Lipinski definition) is 1. The van der Waals surface area contributed by atoms with Gasteiger partial charge in [0.1, 0.15) is 12.6 Å². The third-order valence-corrected chi connectivity index (χ3v) is 7.13. The van der Waals surface area contributed by atoms with E-state index < -0.39 is 28.5 Å². The van der Waals surface area contributed by atoms with Crippen molar-refractivity contribution >= 4 is 39.1 Å². The minimum absolute atomic E-state index is 0.187. The molecule has 0 heterocycles. The number of benzene rings is 2. The molecule has 2 rings (SSSR count). The number of carbonyl (C=O) groups excluding carboxylic acids is 2. The lowest BCUT2D eigenvalue weighted by Crippen LogP contribution is -2.52. The normalized spacial score (nSPS) is 12.2. The second-order valence-corrected chi connectivity index (χ2v) is 11.1. The molecule has 1 atom stereocenters. The van der Waals surface area contributed by atoms with Gasteiger partial charge in [0.25, 0.3) is 0 Å². The van der Waals surface area contributed by atoms with Gasteiger partial charge in [-0.15, -0.1) is 0 Å². The van der Waals surface area contributed by atoms with Gasteiger partial charge >= 0.3 is 0 Å². The number of nitrogens with one attached hydrogen (secondary N) is 1. The van der Waals surface area contributed by atoms with Crippen molar-refractivity contribution in [3.8, 4) is 0 Å². The summed E-state index contributed by atoms with van der Waals surface area (Å²) in [5, 5.41) is 3.28. The van der Waals surface area contributed by atoms with Crippen molar-refractivity contribution in [3.63, 3.8) is 0 Å². The van der Waals surface area contributed by atoms with Crippen molar-refractivity contribution in [3.05, 3.63) is 64.2 Å². The maximum Gasteiger partial charge on any atom is 0.244 e. The van der Waals surface area contributed by atoms with E-state index in [4.69, 9.17) is 11.6 Å². The largest absolute Gasteiger partial charge is 0.354 e.